The van der Waals surface area contributed by atoms with Crippen LogP contribution in [0.3, 0.4) is 0 Å². The van der Waals surface area contributed by atoms with E-state index in [4.69, 9.17) is 0 Å². The standard InChI is InChI=1S/C19H19N3O4/c23-18-14-6-4-5-13-16(22(25)26)8-7-15(17(13)14)19(24)21(18)12-11-20-9-2-1-3-10-20/h4-8H,1-3,9-12H2. The molecule has 2 aromatic carbocycles. The first kappa shape index (κ1) is 16.7. The summed E-state index contributed by atoms with van der Waals surface area (Å²) >= 11 is 0. The molecule has 0 unspecified atom stereocenters. The third-order valence-electron chi connectivity index (χ3n) is 5.25. The summed E-state index contributed by atoms with van der Waals surface area (Å²) in [7, 11) is 0. The molecule has 1 fully saturated rings. The van der Waals surface area contributed by atoms with Gasteiger partial charge < -0.3 is 4.90 Å². The Labute approximate surface area is 150 Å². The maximum Gasteiger partial charge on any atom is 0.277 e. The van der Waals surface area contributed by atoms with Gasteiger partial charge in [-0.2, -0.15) is 0 Å². The third-order valence-corrected chi connectivity index (χ3v) is 5.25. The number of imide groups is 1. The summed E-state index contributed by atoms with van der Waals surface area (Å²) in [5, 5.41) is 12.0. The van der Waals surface area contributed by atoms with Gasteiger partial charge >= 0.3 is 0 Å². The molecule has 7 heteroatoms. The second-order valence-electron chi connectivity index (χ2n) is 6.78. The molecule has 2 amide bonds. The van der Waals surface area contributed by atoms with Crippen molar-refractivity contribution in [1.29, 1.82) is 0 Å². The van der Waals surface area contributed by atoms with E-state index in [-0.39, 0.29) is 17.5 Å². The summed E-state index contributed by atoms with van der Waals surface area (Å²) in [4.78, 5) is 40.1. The number of nitro benzene ring substituents is 1. The molecule has 0 spiro atoms. The molecule has 0 aromatic heterocycles. The van der Waals surface area contributed by atoms with E-state index >= 15 is 0 Å². The molecule has 2 aliphatic heterocycles. The van der Waals surface area contributed by atoms with Gasteiger partial charge in [-0.05, 0) is 44.1 Å². The third kappa shape index (κ3) is 2.64. The van der Waals surface area contributed by atoms with Crippen LogP contribution in [-0.2, 0) is 0 Å². The normalized spacial score (nSPS) is 17.8. The van der Waals surface area contributed by atoms with Crippen molar-refractivity contribution in [2.24, 2.45) is 0 Å². The number of likely N-dealkylation sites (tertiary alicyclic amines) is 1. The molecule has 2 aliphatic rings. The molecule has 2 aromatic rings. The van der Waals surface area contributed by atoms with E-state index in [0.717, 1.165) is 25.9 Å². The monoisotopic (exact) mass is 353 g/mol. The summed E-state index contributed by atoms with van der Waals surface area (Å²) in [5.41, 5.74) is 0.631. The molecule has 0 N–H and O–H groups in total. The Kier molecular flexibility index (Phi) is 4.16. The molecule has 0 atom stereocenters. The first-order valence-corrected chi connectivity index (χ1v) is 8.86. The molecule has 1 saturated heterocycles. The molecule has 0 saturated carbocycles. The Bertz CT molecular complexity index is 896. The van der Waals surface area contributed by atoms with Crippen molar-refractivity contribution in [3.63, 3.8) is 0 Å². The predicted molar refractivity (Wildman–Crippen MR) is 96.3 cm³/mol. The average molecular weight is 353 g/mol. The van der Waals surface area contributed by atoms with Gasteiger partial charge in [0.2, 0.25) is 0 Å². The van der Waals surface area contributed by atoms with Crippen molar-refractivity contribution in [3.8, 4) is 0 Å². The molecule has 2 heterocycles. The lowest BCUT2D eigenvalue weighted by molar-refractivity contribution is -0.383. The van der Waals surface area contributed by atoms with E-state index in [1.807, 2.05) is 0 Å². The van der Waals surface area contributed by atoms with Crippen LogP contribution in [0.1, 0.15) is 40.0 Å². The van der Waals surface area contributed by atoms with Crippen LogP contribution in [0.2, 0.25) is 0 Å². The molecule has 0 aliphatic carbocycles. The van der Waals surface area contributed by atoms with Crippen molar-refractivity contribution in [2.75, 3.05) is 26.2 Å². The lowest BCUT2D eigenvalue weighted by Crippen LogP contribution is -2.45. The van der Waals surface area contributed by atoms with Crippen LogP contribution >= 0.6 is 0 Å². The fourth-order valence-corrected chi connectivity index (χ4v) is 3.92. The van der Waals surface area contributed by atoms with Crippen molar-refractivity contribution in [1.82, 2.24) is 9.80 Å². The van der Waals surface area contributed by atoms with E-state index in [0.29, 0.717) is 35.0 Å². The number of benzene rings is 2. The van der Waals surface area contributed by atoms with Crippen LogP contribution in [0.4, 0.5) is 5.69 Å². The number of carbonyl (C=O) groups excluding carboxylic acids is 2. The van der Waals surface area contributed by atoms with E-state index in [1.54, 1.807) is 18.2 Å². The highest BCUT2D eigenvalue weighted by Gasteiger charge is 2.34. The quantitative estimate of drug-likeness (QED) is 0.479. The second kappa shape index (κ2) is 6.49. The van der Waals surface area contributed by atoms with Gasteiger partial charge in [0, 0.05) is 35.7 Å². The zero-order chi connectivity index (χ0) is 18.3. The van der Waals surface area contributed by atoms with Crippen LogP contribution in [0.15, 0.2) is 30.3 Å². The number of non-ortho nitro benzene ring substituents is 1. The largest absolute Gasteiger partial charge is 0.302 e. The van der Waals surface area contributed by atoms with Gasteiger partial charge in [-0.25, -0.2) is 0 Å². The van der Waals surface area contributed by atoms with Crippen molar-refractivity contribution in [3.05, 3.63) is 51.6 Å². The van der Waals surface area contributed by atoms with Crippen molar-refractivity contribution in [2.45, 2.75) is 19.3 Å². The first-order chi connectivity index (χ1) is 12.6. The molecule has 0 bridgehead atoms. The topological polar surface area (TPSA) is 83.8 Å². The van der Waals surface area contributed by atoms with Gasteiger partial charge in [0.1, 0.15) is 0 Å². The molecular formula is C19H19N3O4. The highest BCUT2D eigenvalue weighted by atomic mass is 16.6. The van der Waals surface area contributed by atoms with Gasteiger partial charge in [0.15, 0.2) is 0 Å². The number of carbonyl (C=O) groups is 2. The molecule has 26 heavy (non-hydrogen) atoms. The smallest absolute Gasteiger partial charge is 0.277 e. The molecule has 134 valence electrons. The SMILES string of the molecule is O=C1c2cccc3c([N+](=O)[O-])ccc(c23)C(=O)N1CCN1CCCCC1. The lowest BCUT2D eigenvalue weighted by Gasteiger charge is -2.31. The summed E-state index contributed by atoms with van der Waals surface area (Å²) < 4.78 is 0. The van der Waals surface area contributed by atoms with E-state index in [1.165, 1.54) is 23.5 Å². The van der Waals surface area contributed by atoms with Gasteiger partial charge in [-0.3, -0.25) is 24.6 Å². The highest BCUT2D eigenvalue weighted by molar-refractivity contribution is 6.26. The number of hydrogen-bond acceptors (Lipinski definition) is 5. The summed E-state index contributed by atoms with van der Waals surface area (Å²) in [6.45, 7) is 2.99. The Morgan fingerprint density at radius 1 is 0.923 bits per heavy atom. The number of nitrogens with zero attached hydrogens (tertiary/aromatic N) is 3. The Hall–Kier alpha value is -2.80. The average Bonchev–Trinajstić information content (AvgIpc) is 2.66. The minimum absolute atomic E-state index is 0.0898. The van der Waals surface area contributed by atoms with Crippen LogP contribution in [0, 0.1) is 10.1 Å². The van der Waals surface area contributed by atoms with Gasteiger partial charge in [0.25, 0.3) is 17.5 Å². The molecule has 7 nitrogen and oxygen atoms in total. The van der Waals surface area contributed by atoms with E-state index in [2.05, 4.69) is 4.90 Å². The Morgan fingerprint density at radius 2 is 1.62 bits per heavy atom. The van der Waals surface area contributed by atoms with Crippen LogP contribution in [0.25, 0.3) is 10.8 Å². The minimum atomic E-state index is -0.486. The lowest BCUT2D eigenvalue weighted by atomic mass is 9.93. The predicted octanol–water partition coefficient (Wildman–Crippen LogP) is 2.83. The number of nitro groups is 1. The molecule has 0 radical (unpaired) electrons. The number of piperidine rings is 1. The van der Waals surface area contributed by atoms with Crippen molar-refractivity contribution < 1.29 is 14.5 Å². The zero-order valence-electron chi connectivity index (χ0n) is 14.3. The summed E-state index contributed by atoms with van der Waals surface area (Å²) in [5.74, 6) is -0.740. The maximum atomic E-state index is 12.9. The fourth-order valence-electron chi connectivity index (χ4n) is 3.92. The molecule has 4 rings (SSSR count). The highest BCUT2D eigenvalue weighted by Crippen LogP contribution is 2.35. The minimum Gasteiger partial charge on any atom is -0.302 e. The second-order valence-corrected chi connectivity index (χ2v) is 6.78. The number of amides is 2. The maximum absolute atomic E-state index is 12.9. The zero-order valence-corrected chi connectivity index (χ0v) is 14.3. The van der Waals surface area contributed by atoms with Gasteiger partial charge in [0.05, 0.1) is 10.3 Å². The number of hydrogen-bond donors (Lipinski definition) is 0. The summed E-state index contributed by atoms with van der Waals surface area (Å²) in [6, 6.07) is 7.66. The molecular weight excluding hydrogens is 334 g/mol. The summed E-state index contributed by atoms with van der Waals surface area (Å²) in [6.07, 6.45) is 3.52. The first-order valence-electron chi connectivity index (χ1n) is 8.86. The van der Waals surface area contributed by atoms with Gasteiger partial charge in [-0.15, -0.1) is 0 Å². The fraction of sp³-hybridized carbons (Fsp3) is 0.368. The van der Waals surface area contributed by atoms with Crippen LogP contribution in [0.5, 0.6) is 0 Å². The van der Waals surface area contributed by atoms with Crippen LogP contribution < -0.4 is 0 Å². The van der Waals surface area contributed by atoms with E-state index in [9.17, 15) is 19.7 Å². The van der Waals surface area contributed by atoms with Crippen molar-refractivity contribution >= 4 is 28.3 Å². The van der Waals surface area contributed by atoms with Crippen LogP contribution in [-0.4, -0.2) is 52.7 Å². The van der Waals surface area contributed by atoms with Gasteiger partial charge in [-0.1, -0.05) is 12.5 Å². The number of rotatable bonds is 4. The van der Waals surface area contributed by atoms with E-state index < -0.39 is 4.92 Å². The Balaban J connectivity index is 1.69. The Morgan fingerprint density at radius 3 is 2.31 bits per heavy atom.